The van der Waals surface area contributed by atoms with Crippen molar-refractivity contribution in [1.29, 1.82) is 0 Å². The molecule has 0 aromatic heterocycles. The molecule has 0 aliphatic carbocycles. The van der Waals surface area contributed by atoms with E-state index in [2.05, 4.69) is 0 Å². The fourth-order valence-electron chi connectivity index (χ4n) is 1.82. The van der Waals surface area contributed by atoms with Crippen molar-refractivity contribution in [1.82, 2.24) is 4.90 Å². The number of carbonyl (C=O) groups is 2. The minimum Gasteiger partial charge on any atom is -0.480 e. The van der Waals surface area contributed by atoms with Gasteiger partial charge < -0.3 is 10.0 Å². The van der Waals surface area contributed by atoms with Gasteiger partial charge in [0.1, 0.15) is 6.04 Å². The molecule has 0 saturated carbocycles. The van der Waals surface area contributed by atoms with Gasteiger partial charge in [-0.2, -0.15) is 0 Å². The van der Waals surface area contributed by atoms with Gasteiger partial charge in [-0.05, 0) is 17.7 Å². The first kappa shape index (κ1) is 13.2. The molecule has 0 radical (unpaired) electrons. The van der Waals surface area contributed by atoms with Crippen LogP contribution in [-0.2, 0) is 16.0 Å². The average molecular weight is 286 g/mol. The van der Waals surface area contributed by atoms with Crippen LogP contribution in [0.2, 0.25) is 5.02 Å². The number of thioether (sulfide) groups is 1. The first-order valence-corrected chi connectivity index (χ1v) is 6.95. The van der Waals surface area contributed by atoms with Gasteiger partial charge in [0, 0.05) is 10.8 Å². The highest BCUT2D eigenvalue weighted by Crippen LogP contribution is 2.22. The number of rotatable bonds is 3. The number of amides is 1. The molecule has 1 aliphatic rings. The number of hydrogen-bond acceptors (Lipinski definition) is 3. The Morgan fingerprint density at radius 2 is 2.28 bits per heavy atom. The molecule has 1 aromatic rings. The lowest BCUT2D eigenvalue weighted by Gasteiger charge is -2.20. The van der Waals surface area contributed by atoms with E-state index >= 15 is 0 Å². The number of benzene rings is 1. The lowest BCUT2D eigenvalue weighted by atomic mass is 10.1. The molecule has 6 heteroatoms. The quantitative estimate of drug-likeness (QED) is 0.921. The molecule has 96 valence electrons. The number of aliphatic carboxylic acids is 1. The molecule has 0 bridgehead atoms. The number of halogens is 1. The standard InChI is InChI=1S/C12H12ClNO3S/c13-9-3-1-2-8(4-9)5-11(15)14-7-18-6-10(14)12(16)17/h1-4,10H,5-7H2,(H,16,17). The molecule has 18 heavy (non-hydrogen) atoms. The highest BCUT2D eigenvalue weighted by molar-refractivity contribution is 7.99. The van der Waals surface area contributed by atoms with E-state index in [1.165, 1.54) is 16.7 Å². The van der Waals surface area contributed by atoms with Crippen molar-refractivity contribution in [3.8, 4) is 0 Å². The van der Waals surface area contributed by atoms with Crippen LogP contribution in [0.4, 0.5) is 0 Å². The highest BCUT2D eigenvalue weighted by Gasteiger charge is 2.34. The maximum atomic E-state index is 12.0. The van der Waals surface area contributed by atoms with Gasteiger partial charge in [-0.1, -0.05) is 23.7 Å². The van der Waals surface area contributed by atoms with Crippen LogP contribution >= 0.6 is 23.4 Å². The molecule has 1 amide bonds. The van der Waals surface area contributed by atoms with Crippen molar-refractivity contribution < 1.29 is 14.7 Å². The fraction of sp³-hybridized carbons (Fsp3) is 0.333. The van der Waals surface area contributed by atoms with Gasteiger partial charge in [-0.3, -0.25) is 4.79 Å². The maximum absolute atomic E-state index is 12.0. The summed E-state index contributed by atoms with van der Waals surface area (Å²) in [6.07, 6.45) is 0.185. The Morgan fingerprint density at radius 3 is 2.94 bits per heavy atom. The smallest absolute Gasteiger partial charge is 0.327 e. The molecule has 1 N–H and O–H groups in total. The van der Waals surface area contributed by atoms with Crippen LogP contribution in [0.15, 0.2) is 24.3 Å². The number of hydrogen-bond donors (Lipinski definition) is 1. The zero-order chi connectivity index (χ0) is 13.1. The Balaban J connectivity index is 2.06. The average Bonchev–Trinajstić information content (AvgIpc) is 2.77. The van der Waals surface area contributed by atoms with E-state index < -0.39 is 12.0 Å². The van der Waals surface area contributed by atoms with Crippen molar-refractivity contribution in [2.75, 3.05) is 11.6 Å². The SMILES string of the molecule is O=C(O)C1CSCN1C(=O)Cc1cccc(Cl)c1. The second-order valence-corrected chi connectivity index (χ2v) is 5.46. The molecule has 1 heterocycles. The Morgan fingerprint density at radius 1 is 1.50 bits per heavy atom. The maximum Gasteiger partial charge on any atom is 0.327 e. The zero-order valence-electron chi connectivity index (χ0n) is 9.51. The molecular formula is C12H12ClNO3S. The summed E-state index contributed by atoms with van der Waals surface area (Å²) in [6, 6.07) is 6.34. The molecule has 2 rings (SSSR count). The first-order valence-electron chi connectivity index (χ1n) is 5.42. The third-order valence-corrected chi connectivity index (χ3v) is 3.98. The van der Waals surface area contributed by atoms with Crippen LogP contribution in [-0.4, -0.2) is 39.6 Å². The third-order valence-electron chi connectivity index (χ3n) is 2.73. The number of carboxylic acids is 1. The normalized spacial score (nSPS) is 18.9. The zero-order valence-corrected chi connectivity index (χ0v) is 11.1. The van der Waals surface area contributed by atoms with E-state index in [4.69, 9.17) is 16.7 Å². The lowest BCUT2D eigenvalue weighted by Crippen LogP contribution is -2.42. The Hall–Kier alpha value is -1.20. The van der Waals surface area contributed by atoms with E-state index in [1.54, 1.807) is 18.2 Å². The van der Waals surface area contributed by atoms with Crippen LogP contribution in [0, 0.1) is 0 Å². The predicted molar refractivity (Wildman–Crippen MR) is 70.8 cm³/mol. The van der Waals surface area contributed by atoms with Crippen molar-refractivity contribution in [2.24, 2.45) is 0 Å². The fourth-order valence-corrected chi connectivity index (χ4v) is 3.20. The van der Waals surface area contributed by atoms with Gasteiger partial charge in [0.15, 0.2) is 0 Å². The molecule has 1 fully saturated rings. The van der Waals surface area contributed by atoms with E-state index in [1.807, 2.05) is 6.07 Å². The lowest BCUT2D eigenvalue weighted by molar-refractivity contribution is -0.147. The molecule has 1 unspecified atom stereocenters. The van der Waals surface area contributed by atoms with E-state index in [9.17, 15) is 9.59 Å². The van der Waals surface area contributed by atoms with Crippen molar-refractivity contribution in [3.63, 3.8) is 0 Å². The van der Waals surface area contributed by atoms with E-state index in [-0.39, 0.29) is 12.3 Å². The monoisotopic (exact) mass is 285 g/mol. The summed E-state index contributed by atoms with van der Waals surface area (Å²) in [4.78, 5) is 24.5. The summed E-state index contributed by atoms with van der Waals surface area (Å²) in [5.74, 6) is -0.221. The molecular weight excluding hydrogens is 274 g/mol. The second kappa shape index (κ2) is 5.63. The predicted octanol–water partition coefficient (Wildman–Crippen LogP) is 1.87. The molecule has 1 saturated heterocycles. The van der Waals surface area contributed by atoms with Crippen molar-refractivity contribution >= 4 is 35.2 Å². The summed E-state index contributed by atoms with van der Waals surface area (Å²) in [5, 5.41) is 9.59. The Labute approximate surface area is 114 Å². The van der Waals surface area contributed by atoms with Crippen molar-refractivity contribution in [3.05, 3.63) is 34.9 Å². The minimum absolute atomic E-state index is 0.172. The van der Waals surface area contributed by atoms with Crippen LogP contribution in [0.1, 0.15) is 5.56 Å². The van der Waals surface area contributed by atoms with Gasteiger partial charge in [-0.25, -0.2) is 4.79 Å². The van der Waals surface area contributed by atoms with Gasteiger partial charge in [0.05, 0.1) is 12.3 Å². The van der Waals surface area contributed by atoms with Gasteiger partial charge in [-0.15, -0.1) is 11.8 Å². The summed E-state index contributed by atoms with van der Waals surface area (Å²) in [7, 11) is 0. The first-order chi connectivity index (χ1) is 8.58. The summed E-state index contributed by atoms with van der Waals surface area (Å²) >= 11 is 7.30. The van der Waals surface area contributed by atoms with Crippen LogP contribution < -0.4 is 0 Å². The number of nitrogens with zero attached hydrogens (tertiary/aromatic N) is 1. The minimum atomic E-state index is -0.945. The third kappa shape index (κ3) is 2.97. The summed E-state index contributed by atoms with van der Waals surface area (Å²) in [5.41, 5.74) is 0.800. The molecule has 1 aliphatic heterocycles. The largest absolute Gasteiger partial charge is 0.480 e. The van der Waals surface area contributed by atoms with Crippen LogP contribution in [0.3, 0.4) is 0 Å². The molecule has 1 atom stereocenters. The number of carboxylic acid groups (broad SMARTS) is 1. The number of carbonyl (C=O) groups excluding carboxylic acids is 1. The van der Waals surface area contributed by atoms with Crippen molar-refractivity contribution in [2.45, 2.75) is 12.5 Å². The van der Waals surface area contributed by atoms with Gasteiger partial charge in [0.2, 0.25) is 5.91 Å². The van der Waals surface area contributed by atoms with Gasteiger partial charge >= 0.3 is 5.97 Å². The summed E-state index contributed by atoms with van der Waals surface area (Å²) < 4.78 is 0. The second-order valence-electron chi connectivity index (χ2n) is 4.02. The topological polar surface area (TPSA) is 57.6 Å². The Kier molecular flexibility index (Phi) is 4.14. The molecule has 0 spiro atoms. The molecule has 4 nitrogen and oxygen atoms in total. The Bertz CT molecular complexity index is 480. The molecule has 1 aromatic carbocycles. The van der Waals surface area contributed by atoms with Crippen LogP contribution in [0.5, 0.6) is 0 Å². The summed E-state index contributed by atoms with van der Waals surface area (Å²) in [6.45, 7) is 0. The van der Waals surface area contributed by atoms with Crippen LogP contribution in [0.25, 0.3) is 0 Å². The highest BCUT2D eigenvalue weighted by atomic mass is 35.5. The van der Waals surface area contributed by atoms with E-state index in [0.717, 1.165) is 5.56 Å². The van der Waals surface area contributed by atoms with E-state index in [0.29, 0.717) is 16.7 Å². The van der Waals surface area contributed by atoms with Gasteiger partial charge in [0.25, 0.3) is 0 Å².